The lowest BCUT2D eigenvalue weighted by molar-refractivity contribution is -0.138. The van der Waals surface area contributed by atoms with Crippen molar-refractivity contribution < 1.29 is 19.4 Å². The van der Waals surface area contributed by atoms with E-state index >= 15 is 0 Å². The molecule has 0 aliphatic heterocycles. The third kappa shape index (κ3) is 3.71. The van der Waals surface area contributed by atoms with E-state index in [1.807, 2.05) is 12.1 Å². The molecule has 22 heavy (non-hydrogen) atoms. The number of carbonyl (C=O) groups is 1. The fourth-order valence-corrected chi connectivity index (χ4v) is 2.40. The van der Waals surface area contributed by atoms with Gasteiger partial charge in [0.1, 0.15) is 0 Å². The number of hydrogen-bond acceptors (Lipinski definition) is 3. The molecular formula is C17H17ClO4. The van der Waals surface area contributed by atoms with Crippen molar-refractivity contribution in [3.8, 4) is 11.5 Å². The lowest BCUT2D eigenvalue weighted by Crippen LogP contribution is -2.14. The summed E-state index contributed by atoms with van der Waals surface area (Å²) in [6.07, 6.45) is 0.377. The zero-order chi connectivity index (χ0) is 16.1. The largest absolute Gasteiger partial charge is 0.493 e. The van der Waals surface area contributed by atoms with Crippen LogP contribution in [0.3, 0.4) is 0 Å². The van der Waals surface area contributed by atoms with Crippen LogP contribution in [-0.4, -0.2) is 25.3 Å². The number of halogens is 1. The van der Waals surface area contributed by atoms with Gasteiger partial charge in [0.25, 0.3) is 0 Å². The minimum Gasteiger partial charge on any atom is -0.493 e. The van der Waals surface area contributed by atoms with E-state index in [1.54, 1.807) is 37.4 Å². The van der Waals surface area contributed by atoms with Gasteiger partial charge in [0.15, 0.2) is 11.5 Å². The van der Waals surface area contributed by atoms with Crippen molar-refractivity contribution in [2.75, 3.05) is 14.2 Å². The van der Waals surface area contributed by atoms with Gasteiger partial charge in [-0.2, -0.15) is 0 Å². The van der Waals surface area contributed by atoms with Crippen LogP contribution in [0.2, 0.25) is 5.02 Å². The molecule has 2 aromatic rings. The average Bonchev–Trinajstić information content (AvgIpc) is 2.53. The fourth-order valence-electron chi connectivity index (χ4n) is 2.27. The monoisotopic (exact) mass is 320 g/mol. The molecule has 1 unspecified atom stereocenters. The molecule has 0 aromatic heterocycles. The molecule has 0 heterocycles. The molecule has 0 aliphatic carbocycles. The van der Waals surface area contributed by atoms with Crippen molar-refractivity contribution in [1.82, 2.24) is 0 Å². The van der Waals surface area contributed by atoms with E-state index < -0.39 is 11.9 Å². The molecule has 0 spiro atoms. The molecule has 0 fully saturated rings. The zero-order valence-electron chi connectivity index (χ0n) is 12.4. The summed E-state index contributed by atoms with van der Waals surface area (Å²) < 4.78 is 10.4. The topological polar surface area (TPSA) is 55.8 Å². The van der Waals surface area contributed by atoms with Crippen molar-refractivity contribution in [2.45, 2.75) is 12.3 Å². The molecule has 4 nitrogen and oxygen atoms in total. The highest BCUT2D eigenvalue weighted by atomic mass is 35.5. The second kappa shape index (κ2) is 7.18. The summed E-state index contributed by atoms with van der Waals surface area (Å²) in [6.45, 7) is 0. The van der Waals surface area contributed by atoms with E-state index in [4.69, 9.17) is 21.1 Å². The summed E-state index contributed by atoms with van der Waals surface area (Å²) in [5.74, 6) is -0.465. The maximum absolute atomic E-state index is 11.6. The molecule has 0 aliphatic rings. The highest BCUT2D eigenvalue weighted by Gasteiger charge is 2.22. The first-order valence-electron chi connectivity index (χ1n) is 6.74. The van der Waals surface area contributed by atoms with Gasteiger partial charge in [-0.25, -0.2) is 0 Å². The predicted molar refractivity (Wildman–Crippen MR) is 85.1 cm³/mol. The Morgan fingerprint density at radius 3 is 2.27 bits per heavy atom. The molecule has 0 amide bonds. The Balaban J connectivity index is 2.31. The number of carboxylic acids is 1. The van der Waals surface area contributed by atoms with Crippen molar-refractivity contribution in [3.63, 3.8) is 0 Å². The molecule has 0 radical (unpaired) electrons. The zero-order valence-corrected chi connectivity index (χ0v) is 13.1. The Kier molecular flexibility index (Phi) is 5.28. The molecule has 1 N–H and O–H groups in total. The highest BCUT2D eigenvalue weighted by molar-refractivity contribution is 6.30. The third-order valence-electron chi connectivity index (χ3n) is 3.46. The van der Waals surface area contributed by atoms with Gasteiger partial charge in [0.05, 0.1) is 20.1 Å². The number of methoxy groups -OCH3 is 2. The summed E-state index contributed by atoms with van der Waals surface area (Å²) in [5, 5.41) is 10.2. The molecule has 0 bridgehead atoms. The number of carboxylic acid groups (broad SMARTS) is 1. The summed E-state index contributed by atoms with van der Waals surface area (Å²) in [7, 11) is 3.07. The summed E-state index contributed by atoms with van der Waals surface area (Å²) in [4.78, 5) is 11.6. The van der Waals surface area contributed by atoms with Gasteiger partial charge < -0.3 is 14.6 Å². The van der Waals surface area contributed by atoms with Crippen molar-refractivity contribution in [1.29, 1.82) is 0 Å². The smallest absolute Gasteiger partial charge is 0.311 e. The van der Waals surface area contributed by atoms with Gasteiger partial charge in [-0.1, -0.05) is 29.8 Å². The van der Waals surface area contributed by atoms with Crippen molar-refractivity contribution in [2.24, 2.45) is 0 Å². The van der Waals surface area contributed by atoms with Crippen LogP contribution < -0.4 is 9.47 Å². The van der Waals surface area contributed by atoms with Crippen LogP contribution >= 0.6 is 11.6 Å². The highest BCUT2D eigenvalue weighted by Crippen LogP contribution is 2.32. The lowest BCUT2D eigenvalue weighted by atomic mass is 9.92. The normalized spacial score (nSPS) is 11.8. The minimum atomic E-state index is -0.887. The average molecular weight is 321 g/mol. The van der Waals surface area contributed by atoms with E-state index in [2.05, 4.69) is 0 Å². The molecule has 2 rings (SSSR count). The summed E-state index contributed by atoms with van der Waals surface area (Å²) >= 11 is 5.85. The third-order valence-corrected chi connectivity index (χ3v) is 3.71. The number of hydrogen-bond donors (Lipinski definition) is 1. The number of ether oxygens (including phenoxy) is 2. The van der Waals surface area contributed by atoms with Crippen LogP contribution in [-0.2, 0) is 11.2 Å². The number of aliphatic carboxylic acids is 1. The van der Waals surface area contributed by atoms with Crippen LogP contribution in [0, 0.1) is 0 Å². The Bertz CT molecular complexity index is 652. The Morgan fingerprint density at radius 2 is 1.73 bits per heavy atom. The predicted octanol–water partition coefficient (Wildman–Crippen LogP) is 3.77. The van der Waals surface area contributed by atoms with Crippen LogP contribution in [0.4, 0.5) is 0 Å². The summed E-state index contributed by atoms with van der Waals surface area (Å²) in [5.41, 5.74) is 1.58. The van der Waals surface area contributed by atoms with Crippen LogP contribution in [0.25, 0.3) is 0 Å². The second-order valence-corrected chi connectivity index (χ2v) is 5.27. The maximum Gasteiger partial charge on any atom is 0.311 e. The Hall–Kier alpha value is -2.20. The van der Waals surface area contributed by atoms with Gasteiger partial charge in [-0.05, 0) is 41.8 Å². The molecule has 116 valence electrons. The van der Waals surface area contributed by atoms with Crippen LogP contribution in [0.15, 0.2) is 42.5 Å². The molecule has 5 heteroatoms. The van der Waals surface area contributed by atoms with Gasteiger partial charge in [-0.15, -0.1) is 0 Å². The van der Waals surface area contributed by atoms with Crippen LogP contribution in [0.1, 0.15) is 17.0 Å². The van der Waals surface area contributed by atoms with E-state index in [0.29, 0.717) is 28.5 Å². The standard InChI is InChI=1S/C17H17ClO4/c1-21-15-8-5-12(10-16(15)22-2)14(17(19)20)9-11-3-6-13(18)7-4-11/h3-8,10,14H,9H2,1-2H3,(H,19,20). The minimum absolute atomic E-state index is 0.377. The molecular weight excluding hydrogens is 304 g/mol. The van der Waals surface area contributed by atoms with Gasteiger partial charge in [0.2, 0.25) is 0 Å². The van der Waals surface area contributed by atoms with E-state index in [9.17, 15) is 9.90 Å². The molecule has 1 atom stereocenters. The molecule has 0 saturated carbocycles. The van der Waals surface area contributed by atoms with E-state index in [1.165, 1.54) is 7.11 Å². The number of benzene rings is 2. The van der Waals surface area contributed by atoms with E-state index in [-0.39, 0.29) is 0 Å². The Morgan fingerprint density at radius 1 is 1.09 bits per heavy atom. The van der Waals surface area contributed by atoms with Gasteiger partial charge >= 0.3 is 5.97 Å². The van der Waals surface area contributed by atoms with Crippen LogP contribution in [0.5, 0.6) is 11.5 Å². The van der Waals surface area contributed by atoms with Gasteiger partial charge in [0, 0.05) is 5.02 Å². The quantitative estimate of drug-likeness (QED) is 0.880. The van der Waals surface area contributed by atoms with Gasteiger partial charge in [-0.3, -0.25) is 4.79 Å². The molecule has 2 aromatic carbocycles. The SMILES string of the molecule is COc1ccc(C(Cc2ccc(Cl)cc2)C(=O)O)cc1OC. The fraction of sp³-hybridized carbons (Fsp3) is 0.235. The molecule has 0 saturated heterocycles. The first-order chi connectivity index (χ1) is 10.5. The maximum atomic E-state index is 11.6. The summed E-state index contributed by atoms with van der Waals surface area (Å²) in [6, 6.07) is 12.3. The second-order valence-electron chi connectivity index (χ2n) is 4.84. The van der Waals surface area contributed by atoms with E-state index in [0.717, 1.165) is 5.56 Å². The van der Waals surface area contributed by atoms with Crippen molar-refractivity contribution >= 4 is 17.6 Å². The Labute approximate surface area is 134 Å². The van der Waals surface area contributed by atoms with Crippen molar-refractivity contribution in [3.05, 3.63) is 58.6 Å². The number of rotatable bonds is 6. The lowest BCUT2D eigenvalue weighted by Gasteiger charge is -2.15. The first-order valence-corrected chi connectivity index (χ1v) is 7.12. The first kappa shape index (κ1) is 16.2.